The molecule has 0 saturated heterocycles. The van der Waals surface area contributed by atoms with E-state index in [0.717, 1.165) is 41.9 Å². The molecule has 88 valence electrons. The van der Waals surface area contributed by atoms with Crippen molar-refractivity contribution < 1.29 is 14.3 Å². The molecule has 0 radical (unpaired) electrons. The highest BCUT2D eigenvalue weighted by molar-refractivity contribution is 5.55. The first-order chi connectivity index (χ1) is 8.25. The van der Waals surface area contributed by atoms with Crippen molar-refractivity contribution in [2.45, 2.75) is 31.7 Å². The van der Waals surface area contributed by atoms with E-state index in [0.29, 0.717) is 0 Å². The van der Waals surface area contributed by atoms with Gasteiger partial charge >= 0.3 is 0 Å². The van der Waals surface area contributed by atoms with E-state index in [2.05, 4.69) is 4.99 Å². The molecule has 0 atom stereocenters. The van der Waals surface area contributed by atoms with Crippen molar-refractivity contribution in [3.63, 3.8) is 0 Å². The highest BCUT2D eigenvalue weighted by Crippen LogP contribution is 2.51. The van der Waals surface area contributed by atoms with E-state index in [1.807, 2.05) is 19.1 Å². The number of isocyanates is 1. The maximum atomic E-state index is 10.6. The SMILES string of the molecule is Cc1cc2c(c(C3(N=C=O)CCC3)c1)OCO2. The number of ether oxygens (including phenoxy) is 2. The molecule has 0 spiro atoms. The second-order valence-electron chi connectivity index (χ2n) is 4.63. The minimum atomic E-state index is -0.425. The second-order valence-corrected chi connectivity index (χ2v) is 4.63. The van der Waals surface area contributed by atoms with Crippen LogP contribution in [0, 0.1) is 6.92 Å². The molecule has 2 aliphatic rings. The predicted octanol–water partition coefficient (Wildman–Crippen LogP) is 2.44. The van der Waals surface area contributed by atoms with Gasteiger partial charge in [-0.2, -0.15) is 4.99 Å². The third-order valence-electron chi connectivity index (χ3n) is 3.56. The Balaban J connectivity index is 2.17. The summed E-state index contributed by atoms with van der Waals surface area (Å²) >= 11 is 0. The predicted molar refractivity (Wildman–Crippen MR) is 61.0 cm³/mol. The molecule has 4 heteroatoms. The summed E-state index contributed by atoms with van der Waals surface area (Å²) in [5, 5.41) is 0. The minimum Gasteiger partial charge on any atom is -0.454 e. The summed E-state index contributed by atoms with van der Waals surface area (Å²) in [5.41, 5.74) is 1.64. The number of rotatable bonds is 2. The maximum absolute atomic E-state index is 10.6. The molecule has 1 saturated carbocycles. The topological polar surface area (TPSA) is 47.9 Å². The molecular formula is C13H13NO3. The van der Waals surface area contributed by atoms with Crippen LogP contribution >= 0.6 is 0 Å². The van der Waals surface area contributed by atoms with Crippen molar-refractivity contribution in [1.29, 1.82) is 0 Å². The van der Waals surface area contributed by atoms with Crippen LogP contribution in [0.4, 0.5) is 0 Å². The molecule has 1 heterocycles. The van der Waals surface area contributed by atoms with Crippen LogP contribution in [0.1, 0.15) is 30.4 Å². The normalized spacial score (nSPS) is 19.4. The van der Waals surface area contributed by atoms with Crippen LogP contribution in [0.15, 0.2) is 17.1 Å². The van der Waals surface area contributed by atoms with Crippen molar-refractivity contribution in [3.8, 4) is 11.5 Å². The molecule has 0 amide bonds. The molecule has 1 aromatic carbocycles. The summed E-state index contributed by atoms with van der Waals surface area (Å²) in [5.74, 6) is 1.50. The number of carbonyl (C=O) groups excluding carboxylic acids is 1. The van der Waals surface area contributed by atoms with Gasteiger partial charge in [-0.3, -0.25) is 0 Å². The van der Waals surface area contributed by atoms with Gasteiger partial charge in [-0.15, -0.1) is 0 Å². The van der Waals surface area contributed by atoms with Gasteiger partial charge in [0.2, 0.25) is 12.9 Å². The van der Waals surface area contributed by atoms with E-state index in [1.54, 1.807) is 6.08 Å². The largest absolute Gasteiger partial charge is 0.454 e. The summed E-state index contributed by atoms with van der Waals surface area (Å²) < 4.78 is 10.9. The second kappa shape index (κ2) is 3.60. The zero-order chi connectivity index (χ0) is 11.9. The van der Waals surface area contributed by atoms with Crippen LogP contribution in [0.25, 0.3) is 0 Å². The highest BCUT2D eigenvalue weighted by atomic mass is 16.7. The molecule has 4 nitrogen and oxygen atoms in total. The van der Waals surface area contributed by atoms with Gasteiger partial charge in [-0.1, -0.05) is 0 Å². The molecule has 1 fully saturated rings. The van der Waals surface area contributed by atoms with Gasteiger partial charge in [-0.25, -0.2) is 4.79 Å². The zero-order valence-corrected chi connectivity index (χ0v) is 9.66. The van der Waals surface area contributed by atoms with E-state index in [1.165, 1.54) is 0 Å². The molecule has 0 N–H and O–H groups in total. The lowest BCUT2D eigenvalue weighted by Gasteiger charge is -2.37. The smallest absolute Gasteiger partial charge is 0.235 e. The summed E-state index contributed by atoms with van der Waals surface area (Å²) in [4.78, 5) is 14.6. The minimum absolute atomic E-state index is 0.243. The fourth-order valence-corrected chi connectivity index (χ4v) is 2.53. The lowest BCUT2D eigenvalue weighted by atomic mass is 9.71. The third kappa shape index (κ3) is 1.45. The molecular weight excluding hydrogens is 218 g/mol. The van der Waals surface area contributed by atoms with E-state index >= 15 is 0 Å². The van der Waals surface area contributed by atoms with Crippen LogP contribution in [-0.2, 0) is 10.3 Å². The van der Waals surface area contributed by atoms with Gasteiger partial charge in [-0.05, 0) is 43.9 Å². The summed E-state index contributed by atoms with van der Waals surface area (Å²) in [7, 11) is 0. The first-order valence-corrected chi connectivity index (χ1v) is 5.75. The Kier molecular flexibility index (Phi) is 2.20. The average Bonchev–Trinajstić information content (AvgIpc) is 2.70. The van der Waals surface area contributed by atoms with Gasteiger partial charge in [0, 0.05) is 5.56 Å². The summed E-state index contributed by atoms with van der Waals surface area (Å²) in [6.07, 6.45) is 4.53. The summed E-state index contributed by atoms with van der Waals surface area (Å²) in [6.45, 7) is 2.25. The van der Waals surface area contributed by atoms with Crippen LogP contribution in [-0.4, -0.2) is 12.9 Å². The highest BCUT2D eigenvalue weighted by Gasteiger charge is 2.42. The quantitative estimate of drug-likeness (QED) is 0.580. The molecule has 0 unspecified atom stereocenters. The number of benzene rings is 1. The Hall–Kier alpha value is -1.80. The molecule has 17 heavy (non-hydrogen) atoms. The number of hydrogen-bond donors (Lipinski definition) is 0. The van der Waals surface area contributed by atoms with Crippen LogP contribution in [0.3, 0.4) is 0 Å². The number of hydrogen-bond acceptors (Lipinski definition) is 4. The summed E-state index contributed by atoms with van der Waals surface area (Å²) in [6, 6.07) is 3.98. The maximum Gasteiger partial charge on any atom is 0.235 e. The Bertz CT molecular complexity index is 514. The Morgan fingerprint density at radius 1 is 1.35 bits per heavy atom. The van der Waals surface area contributed by atoms with Gasteiger partial charge in [0.05, 0.1) is 0 Å². The van der Waals surface area contributed by atoms with E-state index in [-0.39, 0.29) is 6.79 Å². The van der Waals surface area contributed by atoms with Crippen molar-refractivity contribution in [2.24, 2.45) is 4.99 Å². The Morgan fingerprint density at radius 2 is 2.18 bits per heavy atom. The number of nitrogens with zero attached hydrogens (tertiary/aromatic N) is 1. The molecule has 0 bridgehead atoms. The lowest BCUT2D eigenvalue weighted by molar-refractivity contribution is 0.168. The van der Waals surface area contributed by atoms with Crippen LogP contribution in [0.5, 0.6) is 11.5 Å². The number of aliphatic imine (C=N–C) groups is 1. The monoisotopic (exact) mass is 231 g/mol. The van der Waals surface area contributed by atoms with Gasteiger partial charge < -0.3 is 9.47 Å². The first kappa shape index (κ1) is 10.4. The fraction of sp³-hybridized carbons (Fsp3) is 0.462. The van der Waals surface area contributed by atoms with E-state index < -0.39 is 5.54 Å². The zero-order valence-electron chi connectivity index (χ0n) is 9.66. The Morgan fingerprint density at radius 3 is 2.82 bits per heavy atom. The van der Waals surface area contributed by atoms with Crippen LogP contribution < -0.4 is 9.47 Å². The van der Waals surface area contributed by atoms with E-state index in [9.17, 15) is 4.79 Å². The molecule has 1 aromatic rings. The molecule has 0 aromatic heterocycles. The van der Waals surface area contributed by atoms with Gasteiger partial charge in [0.1, 0.15) is 5.54 Å². The molecule has 1 aliphatic heterocycles. The number of fused-ring (bicyclic) bond motifs is 1. The molecule has 1 aliphatic carbocycles. The van der Waals surface area contributed by atoms with Gasteiger partial charge in [0.15, 0.2) is 11.5 Å². The standard InChI is InChI=1S/C13H13NO3/c1-9-5-10(12-11(6-9)16-8-17-12)13(14-7-15)3-2-4-13/h5-6H,2-4,8H2,1H3. The van der Waals surface area contributed by atoms with Crippen molar-refractivity contribution in [2.75, 3.05) is 6.79 Å². The fourth-order valence-electron chi connectivity index (χ4n) is 2.53. The Labute approximate surface area is 99.3 Å². The van der Waals surface area contributed by atoms with Gasteiger partial charge in [0.25, 0.3) is 0 Å². The average molecular weight is 231 g/mol. The van der Waals surface area contributed by atoms with Crippen molar-refractivity contribution in [1.82, 2.24) is 0 Å². The van der Waals surface area contributed by atoms with Crippen molar-refractivity contribution in [3.05, 3.63) is 23.3 Å². The van der Waals surface area contributed by atoms with E-state index in [4.69, 9.17) is 9.47 Å². The lowest BCUT2D eigenvalue weighted by Crippen LogP contribution is -2.32. The third-order valence-corrected chi connectivity index (χ3v) is 3.56. The first-order valence-electron chi connectivity index (χ1n) is 5.75. The molecule has 3 rings (SSSR count). The van der Waals surface area contributed by atoms with Crippen molar-refractivity contribution >= 4 is 6.08 Å². The van der Waals surface area contributed by atoms with Crippen LogP contribution in [0.2, 0.25) is 0 Å². The number of aryl methyl sites for hydroxylation is 1.